The molecule has 0 aliphatic heterocycles. The summed E-state index contributed by atoms with van der Waals surface area (Å²) in [6.45, 7) is 6.14. The normalized spacial score (nSPS) is 10.8. The molecule has 0 bridgehead atoms. The number of nitrogens with two attached hydrogens (primary N) is 1. The second-order valence-electron chi connectivity index (χ2n) is 5.29. The zero-order valence-corrected chi connectivity index (χ0v) is 12.3. The van der Waals surface area contributed by atoms with Crippen LogP contribution >= 0.6 is 0 Å². The van der Waals surface area contributed by atoms with Gasteiger partial charge < -0.3 is 5.73 Å². The van der Waals surface area contributed by atoms with Crippen LogP contribution in [0.1, 0.15) is 16.7 Å². The van der Waals surface area contributed by atoms with E-state index in [0.29, 0.717) is 11.5 Å². The Morgan fingerprint density at radius 2 is 1.67 bits per heavy atom. The minimum Gasteiger partial charge on any atom is -0.398 e. The van der Waals surface area contributed by atoms with Gasteiger partial charge in [0.25, 0.3) is 0 Å². The molecule has 0 aliphatic carbocycles. The Balaban J connectivity index is 2.19. The largest absolute Gasteiger partial charge is 0.398 e. The quantitative estimate of drug-likeness (QED) is 0.732. The number of benzene rings is 2. The average Bonchev–Trinajstić information content (AvgIpc) is 2.90. The third kappa shape index (κ3) is 2.38. The molecule has 5 heteroatoms. The smallest absolute Gasteiger partial charge is 0.189 e. The molecule has 3 aromatic rings. The highest BCUT2D eigenvalue weighted by Gasteiger charge is 2.15. The maximum Gasteiger partial charge on any atom is 0.189 e. The maximum atomic E-state index is 6.08. The minimum absolute atomic E-state index is 0.656. The van der Waals surface area contributed by atoms with Crippen molar-refractivity contribution >= 4 is 5.69 Å². The van der Waals surface area contributed by atoms with Crippen LogP contribution in [-0.4, -0.2) is 20.2 Å². The van der Waals surface area contributed by atoms with Crippen LogP contribution in [0.15, 0.2) is 36.4 Å². The molecule has 2 aromatic carbocycles. The Kier molecular flexibility index (Phi) is 3.17. The first-order valence-electron chi connectivity index (χ1n) is 6.79. The molecule has 1 aromatic heterocycles. The molecule has 1 heterocycles. The fraction of sp³-hybridized carbons (Fsp3) is 0.188. The van der Waals surface area contributed by atoms with Gasteiger partial charge in [0.1, 0.15) is 0 Å². The van der Waals surface area contributed by atoms with Gasteiger partial charge >= 0.3 is 0 Å². The first kappa shape index (κ1) is 13.3. The van der Waals surface area contributed by atoms with Crippen LogP contribution in [0, 0.1) is 20.8 Å². The van der Waals surface area contributed by atoms with Crippen LogP contribution < -0.4 is 5.73 Å². The first-order valence-corrected chi connectivity index (χ1v) is 6.79. The number of nitrogens with zero attached hydrogens (tertiary/aromatic N) is 4. The van der Waals surface area contributed by atoms with E-state index < -0.39 is 0 Å². The molecule has 0 spiro atoms. The van der Waals surface area contributed by atoms with Gasteiger partial charge in [-0.25, -0.2) is 0 Å². The summed E-state index contributed by atoms with van der Waals surface area (Å²) in [5.74, 6) is 0.656. The Labute approximate surface area is 123 Å². The molecular formula is C16H17N5. The van der Waals surface area contributed by atoms with Crippen molar-refractivity contribution in [3.8, 4) is 17.1 Å². The van der Waals surface area contributed by atoms with Crippen molar-refractivity contribution in [3.05, 3.63) is 53.1 Å². The molecule has 106 valence electrons. The van der Waals surface area contributed by atoms with Crippen molar-refractivity contribution in [3.63, 3.8) is 0 Å². The van der Waals surface area contributed by atoms with Crippen LogP contribution in [0.25, 0.3) is 17.1 Å². The van der Waals surface area contributed by atoms with E-state index in [4.69, 9.17) is 5.73 Å². The minimum atomic E-state index is 0.656. The summed E-state index contributed by atoms with van der Waals surface area (Å²) in [5.41, 5.74) is 12.0. The van der Waals surface area contributed by atoms with Gasteiger partial charge in [0, 0.05) is 11.3 Å². The average molecular weight is 279 g/mol. The highest BCUT2D eigenvalue weighted by atomic mass is 15.5. The molecule has 0 fully saturated rings. The summed E-state index contributed by atoms with van der Waals surface area (Å²) < 4.78 is 1.74. The van der Waals surface area contributed by atoms with Crippen molar-refractivity contribution < 1.29 is 0 Å². The summed E-state index contributed by atoms with van der Waals surface area (Å²) in [7, 11) is 0. The van der Waals surface area contributed by atoms with E-state index in [1.165, 1.54) is 5.56 Å². The van der Waals surface area contributed by atoms with E-state index in [1.54, 1.807) is 4.68 Å². The Hall–Kier alpha value is -2.69. The predicted octanol–water partition coefficient (Wildman–Crippen LogP) is 2.84. The molecule has 21 heavy (non-hydrogen) atoms. The van der Waals surface area contributed by atoms with Crippen LogP contribution in [0.5, 0.6) is 0 Å². The van der Waals surface area contributed by atoms with Gasteiger partial charge in [0.15, 0.2) is 5.82 Å². The number of hydrogen-bond donors (Lipinski definition) is 1. The summed E-state index contributed by atoms with van der Waals surface area (Å²) in [5, 5.41) is 12.1. The number of nitrogen functional groups attached to an aromatic ring is 1. The standard InChI is InChI=1S/C16H17N5/c1-10-5-7-15(12(3)8-10)21-16(18-19-20-21)13-9-11(2)4-6-14(13)17/h4-9H,17H2,1-3H3. The maximum absolute atomic E-state index is 6.08. The van der Waals surface area contributed by atoms with Crippen molar-refractivity contribution in [1.29, 1.82) is 0 Å². The zero-order valence-electron chi connectivity index (χ0n) is 12.3. The third-order valence-corrected chi connectivity index (χ3v) is 3.50. The Bertz CT molecular complexity index is 804. The summed E-state index contributed by atoms with van der Waals surface area (Å²) in [4.78, 5) is 0. The van der Waals surface area contributed by atoms with Crippen LogP contribution in [-0.2, 0) is 0 Å². The van der Waals surface area contributed by atoms with Gasteiger partial charge in [-0.15, -0.1) is 5.10 Å². The highest BCUT2D eigenvalue weighted by molar-refractivity contribution is 5.73. The van der Waals surface area contributed by atoms with Crippen molar-refractivity contribution in [2.24, 2.45) is 0 Å². The van der Waals surface area contributed by atoms with Gasteiger partial charge in [-0.3, -0.25) is 0 Å². The lowest BCUT2D eigenvalue weighted by Crippen LogP contribution is -2.04. The van der Waals surface area contributed by atoms with Crippen LogP contribution in [0.3, 0.4) is 0 Å². The fourth-order valence-electron chi connectivity index (χ4n) is 2.42. The van der Waals surface area contributed by atoms with E-state index in [-0.39, 0.29) is 0 Å². The number of aromatic nitrogens is 4. The molecule has 0 saturated carbocycles. The van der Waals surface area contributed by atoms with Crippen molar-refractivity contribution in [2.45, 2.75) is 20.8 Å². The SMILES string of the molecule is Cc1ccc(-n2nnnc2-c2cc(C)ccc2N)c(C)c1. The van der Waals surface area contributed by atoms with E-state index in [9.17, 15) is 0 Å². The Morgan fingerprint density at radius 1 is 0.952 bits per heavy atom. The fourth-order valence-corrected chi connectivity index (χ4v) is 2.42. The topological polar surface area (TPSA) is 69.6 Å². The summed E-state index contributed by atoms with van der Waals surface area (Å²) >= 11 is 0. The van der Waals surface area contributed by atoms with Gasteiger partial charge in [0.2, 0.25) is 0 Å². The van der Waals surface area contributed by atoms with E-state index in [2.05, 4.69) is 28.5 Å². The lowest BCUT2D eigenvalue weighted by atomic mass is 10.1. The lowest BCUT2D eigenvalue weighted by Gasteiger charge is -2.10. The Morgan fingerprint density at radius 3 is 2.43 bits per heavy atom. The van der Waals surface area contributed by atoms with Crippen LogP contribution in [0.4, 0.5) is 5.69 Å². The number of aryl methyl sites for hydroxylation is 3. The van der Waals surface area contributed by atoms with Crippen molar-refractivity contribution in [2.75, 3.05) is 5.73 Å². The summed E-state index contributed by atoms with van der Waals surface area (Å²) in [6, 6.07) is 12.0. The number of anilines is 1. The third-order valence-electron chi connectivity index (χ3n) is 3.50. The summed E-state index contributed by atoms with van der Waals surface area (Å²) in [6.07, 6.45) is 0. The molecule has 0 unspecified atom stereocenters. The number of tetrazole rings is 1. The molecule has 2 N–H and O–H groups in total. The molecule has 0 radical (unpaired) electrons. The molecule has 0 aliphatic rings. The second-order valence-corrected chi connectivity index (χ2v) is 5.29. The molecule has 0 saturated heterocycles. The van der Waals surface area contributed by atoms with Gasteiger partial charge in [-0.1, -0.05) is 29.3 Å². The molecule has 5 nitrogen and oxygen atoms in total. The van der Waals surface area contributed by atoms with E-state index in [0.717, 1.165) is 22.4 Å². The lowest BCUT2D eigenvalue weighted by molar-refractivity contribution is 0.787. The van der Waals surface area contributed by atoms with Crippen LogP contribution in [0.2, 0.25) is 0 Å². The van der Waals surface area contributed by atoms with E-state index in [1.807, 2.05) is 44.2 Å². The highest BCUT2D eigenvalue weighted by Crippen LogP contribution is 2.27. The van der Waals surface area contributed by atoms with Crippen molar-refractivity contribution in [1.82, 2.24) is 20.2 Å². The van der Waals surface area contributed by atoms with E-state index >= 15 is 0 Å². The van der Waals surface area contributed by atoms with Gasteiger partial charge in [-0.2, -0.15) is 4.68 Å². The second kappa shape index (κ2) is 5.01. The number of rotatable bonds is 2. The predicted molar refractivity (Wildman–Crippen MR) is 83.2 cm³/mol. The molecular weight excluding hydrogens is 262 g/mol. The van der Waals surface area contributed by atoms with Gasteiger partial charge in [0.05, 0.1) is 5.69 Å². The van der Waals surface area contributed by atoms with Gasteiger partial charge in [-0.05, 0) is 55.0 Å². The molecule has 3 rings (SSSR count). The first-order chi connectivity index (χ1) is 10.1. The monoisotopic (exact) mass is 279 g/mol. The molecule has 0 amide bonds. The number of hydrogen-bond acceptors (Lipinski definition) is 4. The molecule has 0 atom stereocenters. The zero-order chi connectivity index (χ0) is 15.0.